The summed E-state index contributed by atoms with van der Waals surface area (Å²) in [4.78, 5) is 12.5. The van der Waals surface area contributed by atoms with Gasteiger partial charge in [0.15, 0.2) is 0 Å². The number of H-pyrrole nitrogens is 1. The van der Waals surface area contributed by atoms with Gasteiger partial charge in [-0.25, -0.2) is 0 Å². The highest BCUT2D eigenvalue weighted by Crippen LogP contribution is 2.25. The van der Waals surface area contributed by atoms with Gasteiger partial charge in [0.2, 0.25) is 0 Å². The van der Waals surface area contributed by atoms with E-state index in [-0.39, 0.29) is 5.91 Å². The standard InChI is InChI=1S/C16H15N3O2/c1-2-21-14-9-4-3-8-13(14)18-16(20)12-7-5-6-11-10-17-19-15(11)12/h3-10H,2H2,1H3,(H,17,19)(H,18,20). The van der Waals surface area contributed by atoms with Crippen LogP contribution in [0.1, 0.15) is 17.3 Å². The minimum Gasteiger partial charge on any atom is -0.492 e. The van der Waals surface area contributed by atoms with Crippen LogP contribution >= 0.6 is 0 Å². The number of aromatic amines is 1. The molecule has 0 saturated heterocycles. The second-order valence-electron chi connectivity index (χ2n) is 4.52. The molecule has 2 aromatic carbocycles. The fourth-order valence-corrected chi connectivity index (χ4v) is 2.20. The van der Waals surface area contributed by atoms with E-state index in [1.807, 2.05) is 43.3 Å². The Hall–Kier alpha value is -2.82. The Morgan fingerprint density at radius 2 is 2.10 bits per heavy atom. The number of fused-ring (bicyclic) bond motifs is 1. The Bertz CT molecular complexity index is 780. The summed E-state index contributed by atoms with van der Waals surface area (Å²) < 4.78 is 5.51. The van der Waals surface area contributed by atoms with Crippen molar-refractivity contribution in [3.05, 3.63) is 54.2 Å². The van der Waals surface area contributed by atoms with Gasteiger partial charge in [-0.3, -0.25) is 9.89 Å². The van der Waals surface area contributed by atoms with Crippen LogP contribution < -0.4 is 10.1 Å². The van der Waals surface area contributed by atoms with Gasteiger partial charge in [0, 0.05) is 5.39 Å². The molecule has 0 radical (unpaired) electrons. The third-order valence-electron chi connectivity index (χ3n) is 3.16. The number of hydrogen-bond donors (Lipinski definition) is 2. The topological polar surface area (TPSA) is 67.0 Å². The lowest BCUT2D eigenvalue weighted by Gasteiger charge is -2.11. The van der Waals surface area contributed by atoms with Crippen LogP contribution in [-0.2, 0) is 0 Å². The van der Waals surface area contributed by atoms with E-state index >= 15 is 0 Å². The van der Waals surface area contributed by atoms with Gasteiger partial charge < -0.3 is 10.1 Å². The molecule has 0 aliphatic heterocycles. The first-order chi connectivity index (χ1) is 10.3. The Kier molecular flexibility index (Phi) is 3.55. The smallest absolute Gasteiger partial charge is 0.257 e. The van der Waals surface area contributed by atoms with Gasteiger partial charge in [0.05, 0.1) is 29.6 Å². The van der Waals surface area contributed by atoms with Crippen molar-refractivity contribution in [2.75, 3.05) is 11.9 Å². The summed E-state index contributed by atoms with van der Waals surface area (Å²) >= 11 is 0. The molecule has 1 amide bonds. The molecule has 5 heteroatoms. The maximum atomic E-state index is 12.5. The average Bonchev–Trinajstić information content (AvgIpc) is 2.97. The Labute approximate surface area is 121 Å². The molecule has 0 saturated carbocycles. The molecule has 106 valence electrons. The molecular formula is C16H15N3O2. The molecule has 0 unspecified atom stereocenters. The Balaban J connectivity index is 1.92. The van der Waals surface area contributed by atoms with Crippen LogP contribution in [0.25, 0.3) is 10.9 Å². The maximum Gasteiger partial charge on any atom is 0.257 e. The molecule has 0 aliphatic rings. The van der Waals surface area contributed by atoms with E-state index in [0.29, 0.717) is 23.6 Å². The minimum absolute atomic E-state index is 0.197. The SMILES string of the molecule is CCOc1ccccc1NC(=O)c1cccc2cn[nH]c12. The number of anilines is 1. The maximum absolute atomic E-state index is 12.5. The number of benzene rings is 2. The lowest BCUT2D eigenvalue weighted by Crippen LogP contribution is -2.13. The predicted molar refractivity (Wildman–Crippen MR) is 81.7 cm³/mol. The van der Waals surface area contributed by atoms with Crippen LogP contribution in [0.4, 0.5) is 5.69 Å². The highest BCUT2D eigenvalue weighted by atomic mass is 16.5. The number of carbonyl (C=O) groups excluding carboxylic acids is 1. The lowest BCUT2D eigenvalue weighted by atomic mass is 10.1. The van der Waals surface area contributed by atoms with Gasteiger partial charge in [-0.05, 0) is 25.1 Å². The number of rotatable bonds is 4. The normalized spacial score (nSPS) is 10.5. The quantitative estimate of drug-likeness (QED) is 0.771. The highest BCUT2D eigenvalue weighted by molar-refractivity contribution is 6.12. The molecule has 1 aromatic heterocycles. The first-order valence-corrected chi connectivity index (χ1v) is 6.75. The molecule has 5 nitrogen and oxygen atoms in total. The number of para-hydroxylation sites is 3. The number of aromatic nitrogens is 2. The molecule has 2 N–H and O–H groups in total. The van der Waals surface area contributed by atoms with E-state index in [1.165, 1.54) is 0 Å². The molecule has 3 aromatic rings. The molecule has 0 bridgehead atoms. The summed E-state index contributed by atoms with van der Waals surface area (Å²) in [6.07, 6.45) is 1.69. The lowest BCUT2D eigenvalue weighted by molar-refractivity contribution is 0.102. The second-order valence-corrected chi connectivity index (χ2v) is 4.52. The first kappa shape index (κ1) is 13.2. The molecule has 1 heterocycles. The first-order valence-electron chi connectivity index (χ1n) is 6.75. The van der Waals surface area contributed by atoms with Crippen molar-refractivity contribution in [3.63, 3.8) is 0 Å². The van der Waals surface area contributed by atoms with Gasteiger partial charge in [0.1, 0.15) is 5.75 Å². The summed E-state index contributed by atoms with van der Waals surface area (Å²) in [5, 5.41) is 10.6. The van der Waals surface area contributed by atoms with Gasteiger partial charge in [-0.2, -0.15) is 5.10 Å². The second kappa shape index (κ2) is 5.66. The van der Waals surface area contributed by atoms with Crippen molar-refractivity contribution in [2.24, 2.45) is 0 Å². The summed E-state index contributed by atoms with van der Waals surface area (Å²) in [6, 6.07) is 12.9. The van der Waals surface area contributed by atoms with Gasteiger partial charge in [-0.15, -0.1) is 0 Å². The van der Waals surface area contributed by atoms with E-state index in [2.05, 4.69) is 15.5 Å². The summed E-state index contributed by atoms with van der Waals surface area (Å²) in [5.74, 6) is 0.460. The van der Waals surface area contributed by atoms with E-state index in [4.69, 9.17) is 4.74 Å². The monoisotopic (exact) mass is 281 g/mol. The van der Waals surface area contributed by atoms with Crippen LogP contribution in [0.15, 0.2) is 48.7 Å². The van der Waals surface area contributed by atoms with Crippen LogP contribution in [0.3, 0.4) is 0 Å². The zero-order valence-corrected chi connectivity index (χ0v) is 11.6. The molecule has 0 aliphatic carbocycles. The van der Waals surface area contributed by atoms with Gasteiger partial charge >= 0.3 is 0 Å². The summed E-state index contributed by atoms with van der Waals surface area (Å²) in [7, 11) is 0. The minimum atomic E-state index is -0.197. The van der Waals surface area contributed by atoms with E-state index in [9.17, 15) is 4.79 Å². The fourth-order valence-electron chi connectivity index (χ4n) is 2.20. The van der Waals surface area contributed by atoms with Gasteiger partial charge in [-0.1, -0.05) is 24.3 Å². The van der Waals surface area contributed by atoms with Crippen LogP contribution in [0, 0.1) is 0 Å². The third-order valence-corrected chi connectivity index (χ3v) is 3.16. The van der Waals surface area contributed by atoms with Crippen molar-refractivity contribution in [3.8, 4) is 5.75 Å². The number of ether oxygens (including phenoxy) is 1. The van der Waals surface area contributed by atoms with E-state index < -0.39 is 0 Å². The van der Waals surface area contributed by atoms with Crippen molar-refractivity contribution in [1.82, 2.24) is 10.2 Å². The van der Waals surface area contributed by atoms with E-state index in [1.54, 1.807) is 12.3 Å². The van der Waals surface area contributed by atoms with Crippen LogP contribution in [0.5, 0.6) is 5.75 Å². The highest BCUT2D eigenvalue weighted by Gasteiger charge is 2.13. The number of amides is 1. The fraction of sp³-hybridized carbons (Fsp3) is 0.125. The van der Waals surface area contributed by atoms with Crippen molar-refractivity contribution in [1.29, 1.82) is 0 Å². The van der Waals surface area contributed by atoms with Crippen LogP contribution in [-0.4, -0.2) is 22.7 Å². The number of carbonyl (C=O) groups is 1. The molecular weight excluding hydrogens is 266 g/mol. The van der Waals surface area contributed by atoms with Crippen molar-refractivity contribution < 1.29 is 9.53 Å². The average molecular weight is 281 g/mol. The van der Waals surface area contributed by atoms with Crippen LogP contribution in [0.2, 0.25) is 0 Å². The molecule has 3 rings (SSSR count). The molecule has 0 fully saturated rings. The largest absolute Gasteiger partial charge is 0.492 e. The molecule has 21 heavy (non-hydrogen) atoms. The molecule has 0 atom stereocenters. The van der Waals surface area contributed by atoms with E-state index in [0.717, 1.165) is 10.9 Å². The zero-order valence-electron chi connectivity index (χ0n) is 11.6. The third kappa shape index (κ3) is 2.58. The summed E-state index contributed by atoms with van der Waals surface area (Å²) in [6.45, 7) is 2.45. The Morgan fingerprint density at radius 1 is 1.24 bits per heavy atom. The van der Waals surface area contributed by atoms with Crippen molar-refractivity contribution in [2.45, 2.75) is 6.92 Å². The van der Waals surface area contributed by atoms with Gasteiger partial charge in [0.25, 0.3) is 5.91 Å². The molecule has 0 spiro atoms. The van der Waals surface area contributed by atoms with Crippen molar-refractivity contribution >= 4 is 22.5 Å². The zero-order chi connectivity index (χ0) is 14.7. The Morgan fingerprint density at radius 3 is 2.95 bits per heavy atom. The number of hydrogen-bond acceptors (Lipinski definition) is 3. The number of nitrogens with one attached hydrogen (secondary N) is 2. The summed E-state index contributed by atoms with van der Waals surface area (Å²) in [5.41, 5.74) is 1.93. The number of nitrogens with zero attached hydrogens (tertiary/aromatic N) is 1. The predicted octanol–water partition coefficient (Wildman–Crippen LogP) is 3.21.